The Labute approximate surface area is 136 Å². The lowest BCUT2D eigenvalue weighted by Gasteiger charge is -2.15. The van der Waals surface area contributed by atoms with Crippen LogP contribution in [0.5, 0.6) is 0 Å². The summed E-state index contributed by atoms with van der Waals surface area (Å²) in [6.45, 7) is 3.64. The molecule has 0 fully saturated rings. The molecule has 1 aromatic rings. The molecule has 7 nitrogen and oxygen atoms in total. The molecule has 1 atom stereocenters. The molecule has 0 saturated heterocycles. The molecule has 4 N–H and O–H groups in total. The quantitative estimate of drug-likeness (QED) is 0.726. The van der Waals surface area contributed by atoms with Gasteiger partial charge in [0.15, 0.2) is 0 Å². The van der Waals surface area contributed by atoms with Crippen LogP contribution in [0.4, 0.5) is 5.82 Å². The minimum Gasteiger partial charge on any atom is -0.346 e. The number of fused-ring (bicyclic) bond motifs is 1. The molecule has 0 aromatic carbocycles. The van der Waals surface area contributed by atoms with Gasteiger partial charge in [0.1, 0.15) is 5.82 Å². The van der Waals surface area contributed by atoms with E-state index in [9.17, 15) is 9.59 Å². The van der Waals surface area contributed by atoms with E-state index in [0.29, 0.717) is 0 Å². The van der Waals surface area contributed by atoms with E-state index in [0.717, 1.165) is 36.3 Å². The molecule has 22 heavy (non-hydrogen) atoms. The minimum absolute atomic E-state index is 0. The van der Waals surface area contributed by atoms with Gasteiger partial charge in [-0.15, -0.1) is 12.4 Å². The Morgan fingerprint density at radius 2 is 2.05 bits per heavy atom. The fraction of sp³-hybridized carbons (Fsp3) is 0.643. The third-order valence-electron chi connectivity index (χ3n) is 3.77. The van der Waals surface area contributed by atoms with Crippen LogP contribution in [0.15, 0.2) is 0 Å². The molecule has 124 valence electrons. The summed E-state index contributed by atoms with van der Waals surface area (Å²) in [7, 11) is 1.81. The molecule has 1 aliphatic carbocycles. The summed E-state index contributed by atoms with van der Waals surface area (Å²) in [4.78, 5) is 23.7. The standard InChI is InChI=1S/C14H23N5O2.ClH/c1-8(2)12(15)14(21)16-7-11(20)17-13-9-5-4-6-10(9)18-19(13)3;/h8,12H,4-7,15H2,1-3H3,(H,16,21)(H,17,20);1H/t12-;/m0./s1. The maximum atomic E-state index is 12.0. The number of aromatic nitrogens is 2. The van der Waals surface area contributed by atoms with E-state index in [1.54, 1.807) is 11.7 Å². The van der Waals surface area contributed by atoms with Gasteiger partial charge in [0.25, 0.3) is 0 Å². The zero-order chi connectivity index (χ0) is 15.6. The Morgan fingerprint density at radius 1 is 1.36 bits per heavy atom. The first-order chi connectivity index (χ1) is 9.90. The number of carbonyl (C=O) groups excluding carboxylic acids is 2. The van der Waals surface area contributed by atoms with Crippen molar-refractivity contribution in [2.45, 2.75) is 39.2 Å². The van der Waals surface area contributed by atoms with E-state index >= 15 is 0 Å². The molecule has 0 radical (unpaired) electrons. The second-order valence-electron chi connectivity index (χ2n) is 5.79. The fourth-order valence-corrected chi connectivity index (χ4v) is 2.44. The van der Waals surface area contributed by atoms with Crippen molar-refractivity contribution < 1.29 is 9.59 Å². The number of hydrogen-bond acceptors (Lipinski definition) is 4. The highest BCUT2D eigenvalue weighted by Gasteiger charge is 2.22. The summed E-state index contributed by atoms with van der Waals surface area (Å²) in [5.41, 5.74) is 7.88. The van der Waals surface area contributed by atoms with Crippen LogP contribution < -0.4 is 16.4 Å². The summed E-state index contributed by atoms with van der Waals surface area (Å²) < 4.78 is 1.68. The molecular weight excluding hydrogens is 306 g/mol. The third-order valence-corrected chi connectivity index (χ3v) is 3.77. The smallest absolute Gasteiger partial charge is 0.244 e. The molecule has 0 saturated carbocycles. The molecule has 0 aliphatic heterocycles. The molecule has 1 aliphatic rings. The molecular formula is C14H24ClN5O2. The summed E-state index contributed by atoms with van der Waals surface area (Å²) in [6, 6.07) is -0.598. The summed E-state index contributed by atoms with van der Waals surface area (Å²) >= 11 is 0. The molecule has 1 aromatic heterocycles. The predicted octanol–water partition coefficient (Wildman–Crippen LogP) is 0.369. The maximum absolute atomic E-state index is 12.0. The molecule has 0 bridgehead atoms. The Balaban J connectivity index is 0.00000242. The summed E-state index contributed by atoms with van der Waals surface area (Å²) in [5, 5.41) is 9.76. The molecule has 2 rings (SSSR count). The normalized spacial score (nSPS) is 14.2. The average molecular weight is 330 g/mol. The van der Waals surface area contributed by atoms with Crippen molar-refractivity contribution in [3.63, 3.8) is 0 Å². The number of carbonyl (C=O) groups is 2. The first-order valence-electron chi connectivity index (χ1n) is 7.28. The SMILES string of the molecule is CC(C)[C@H](N)C(=O)NCC(=O)Nc1c2c(nn1C)CCC2.Cl. The fourth-order valence-electron chi connectivity index (χ4n) is 2.44. The highest BCUT2D eigenvalue weighted by Crippen LogP contribution is 2.27. The van der Waals surface area contributed by atoms with Crippen LogP contribution in [0, 0.1) is 5.92 Å². The van der Waals surface area contributed by atoms with Crippen LogP contribution >= 0.6 is 12.4 Å². The topological polar surface area (TPSA) is 102 Å². The van der Waals surface area contributed by atoms with Crippen LogP contribution in [-0.2, 0) is 29.5 Å². The lowest BCUT2D eigenvalue weighted by molar-refractivity contribution is -0.125. The van der Waals surface area contributed by atoms with Gasteiger partial charge in [0.05, 0.1) is 18.3 Å². The Kier molecular flexibility index (Phi) is 6.37. The molecule has 0 unspecified atom stereocenters. The van der Waals surface area contributed by atoms with E-state index in [4.69, 9.17) is 5.73 Å². The van der Waals surface area contributed by atoms with Crippen molar-refractivity contribution in [3.05, 3.63) is 11.3 Å². The van der Waals surface area contributed by atoms with Gasteiger partial charge in [-0.05, 0) is 25.2 Å². The zero-order valence-electron chi connectivity index (χ0n) is 13.2. The first-order valence-corrected chi connectivity index (χ1v) is 7.28. The van der Waals surface area contributed by atoms with Gasteiger partial charge >= 0.3 is 0 Å². The molecule has 8 heteroatoms. The van der Waals surface area contributed by atoms with E-state index in [-0.39, 0.29) is 36.7 Å². The average Bonchev–Trinajstić information content (AvgIpc) is 2.98. The van der Waals surface area contributed by atoms with Gasteiger partial charge in [-0.2, -0.15) is 5.10 Å². The van der Waals surface area contributed by atoms with Crippen molar-refractivity contribution in [1.29, 1.82) is 0 Å². The number of aryl methyl sites for hydroxylation is 2. The largest absolute Gasteiger partial charge is 0.346 e. The van der Waals surface area contributed by atoms with Crippen molar-refractivity contribution in [1.82, 2.24) is 15.1 Å². The number of nitrogens with one attached hydrogen (secondary N) is 2. The number of halogens is 1. The van der Waals surface area contributed by atoms with E-state index < -0.39 is 6.04 Å². The summed E-state index contributed by atoms with van der Waals surface area (Å²) in [5.74, 6) is 0.190. The number of rotatable bonds is 5. The van der Waals surface area contributed by atoms with E-state index in [2.05, 4.69) is 15.7 Å². The lowest BCUT2D eigenvalue weighted by atomic mass is 10.1. The maximum Gasteiger partial charge on any atom is 0.244 e. The van der Waals surface area contributed by atoms with Crippen molar-refractivity contribution in [2.24, 2.45) is 18.7 Å². The van der Waals surface area contributed by atoms with Crippen LogP contribution in [-0.4, -0.2) is 34.2 Å². The van der Waals surface area contributed by atoms with Gasteiger partial charge in [-0.3, -0.25) is 14.3 Å². The van der Waals surface area contributed by atoms with Crippen LogP contribution in [0.1, 0.15) is 31.5 Å². The van der Waals surface area contributed by atoms with Gasteiger partial charge in [-0.25, -0.2) is 0 Å². The first kappa shape index (κ1) is 18.4. The molecule has 0 spiro atoms. The second-order valence-corrected chi connectivity index (χ2v) is 5.79. The number of nitrogens with two attached hydrogens (primary N) is 1. The number of amides is 2. The van der Waals surface area contributed by atoms with Gasteiger partial charge < -0.3 is 16.4 Å². The van der Waals surface area contributed by atoms with Gasteiger partial charge in [0, 0.05) is 12.6 Å². The summed E-state index contributed by atoms with van der Waals surface area (Å²) in [6.07, 6.45) is 2.96. The second kappa shape index (κ2) is 7.60. The van der Waals surface area contributed by atoms with Crippen LogP contribution in [0.2, 0.25) is 0 Å². The van der Waals surface area contributed by atoms with E-state index in [1.807, 2.05) is 13.8 Å². The number of anilines is 1. The Morgan fingerprint density at radius 3 is 2.68 bits per heavy atom. The Bertz CT molecular complexity index is 556. The minimum atomic E-state index is -0.598. The monoisotopic (exact) mass is 329 g/mol. The lowest BCUT2D eigenvalue weighted by Crippen LogP contribution is -2.46. The zero-order valence-corrected chi connectivity index (χ0v) is 14.0. The number of hydrogen-bond donors (Lipinski definition) is 3. The Hall–Kier alpha value is -1.60. The number of nitrogens with zero attached hydrogens (tertiary/aromatic N) is 2. The third kappa shape index (κ3) is 3.98. The van der Waals surface area contributed by atoms with Crippen LogP contribution in [0.3, 0.4) is 0 Å². The highest BCUT2D eigenvalue weighted by atomic mass is 35.5. The molecule has 2 amide bonds. The predicted molar refractivity (Wildman–Crippen MR) is 86.9 cm³/mol. The van der Waals surface area contributed by atoms with Crippen molar-refractivity contribution >= 4 is 30.0 Å². The van der Waals surface area contributed by atoms with E-state index in [1.165, 1.54) is 0 Å². The van der Waals surface area contributed by atoms with Crippen molar-refractivity contribution in [2.75, 3.05) is 11.9 Å². The van der Waals surface area contributed by atoms with Gasteiger partial charge in [-0.1, -0.05) is 13.8 Å². The highest BCUT2D eigenvalue weighted by molar-refractivity contribution is 5.95. The van der Waals surface area contributed by atoms with Crippen LogP contribution in [0.25, 0.3) is 0 Å². The van der Waals surface area contributed by atoms with Crippen molar-refractivity contribution in [3.8, 4) is 0 Å². The molecule has 1 heterocycles. The van der Waals surface area contributed by atoms with Gasteiger partial charge in [0.2, 0.25) is 11.8 Å².